The number of amides is 1. The van der Waals surface area contributed by atoms with Gasteiger partial charge in [-0.3, -0.25) is 9.89 Å². The SMILES string of the molecule is CN(Cc1cn[nH]c1)C(=O)C1(CN)CCCC1. The number of rotatable bonds is 4. The molecule has 1 fully saturated rings. The van der Waals surface area contributed by atoms with Crippen LogP contribution in [0, 0.1) is 5.41 Å². The van der Waals surface area contributed by atoms with E-state index < -0.39 is 0 Å². The predicted molar refractivity (Wildman–Crippen MR) is 65.0 cm³/mol. The first-order valence-corrected chi connectivity index (χ1v) is 6.11. The van der Waals surface area contributed by atoms with Gasteiger partial charge in [-0.25, -0.2) is 0 Å². The van der Waals surface area contributed by atoms with Crippen molar-refractivity contribution >= 4 is 5.91 Å². The topological polar surface area (TPSA) is 75.0 Å². The summed E-state index contributed by atoms with van der Waals surface area (Å²) in [5.74, 6) is 0.179. The molecule has 0 radical (unpaired) electrons. The van der Waals surface area contributed by atoms with Crippen LogP contribution in [-0.2, 0) is 11.3 Å². The molecule has 1 saturated carbocycles. The van der Waals surface area contributed by atoms with Crippen LogP contribution in [0.2, 0.25) is 0 Å². The number of nitrogens with two attached hydrogens (primary N) is 1. The molecule has 1 heterocycles. The number of hydrogen-bond donors (Lipinski definition) is 2. The third-order valence-corrected chi connectivity index (χ3v) is 3.73. The molecule has 17 heavy (non-hydrogen) atoms. The average Bonchev–Trinajstić information content (AvgIpc) is 2.99. The Hall–Kier alpha value is -1.36. The molecular weight excluding hydrogens is 216 g/mol. The molecule has 94 valence electrons. The Bertz CT molecular complexity index is 368. The minimum atomic E-state index is -0.307. The number of nitrogens with one attached hydrogen (secondary N) is 1. The molecule has 0 aromatic carbocycles. The first-order valence-electron chi connectivity index (χ1n) is 6.11. The van der Waals surface area contributed by atoms with Crippen LogP contribution < -0.4 is 5.73 Å². The molecule has 0 saturated heterocycles. The molecule has 1 amide bonds. The van der Waals surface area contributed by atoms with Crippen molar-refractivity contribution in [2.45, 2.75) is 32.2 Å². The zero-order chi connectivity index (χ0) is 12.3. The summed E-state index contributed by atoms with van der Waals surface area (Å²) in [5, 5.41) is 6.64. The van der Waals surface area contributed by atoms with Crippen LogP contribution in [-0.4, -0.2) is 34.6 Å². The van der Waals surface area contributed by atoms with Crippen LogP contribution in [0.25, 0.3) is 0 Å². The van der Waals surface area contributed by atoms with Crippen LogP contribution in [0.4, 0.5) is 0 Å². The Morgan fingerprint density at radius 3 is 2.82 bits per heavy atom. The van der Waals surface area contributed by atoms with Crippen LogP contribution in [0.5, 0.6) is 0 Å². The summed E-state index contributed by atoms with van der Waals surface area (Å²) >= 11 is 0. The normalized spacial score (nSPS) is 18.2. The average molecular weight is 236 g/mol. The Morgan fingerprint density at radius 2 is 2.29 bits per heavy atom. The molecule has 2 rings (SSSR count). The molecule has 0 aliphatic heterocycles. The number of aromatic nitrogens is 2. The lowest BCUT2D eigenvalue weighted by molar-refractivity contribution is -0.140. The molecule has 0 bridgehead atoms. The van der Waals surface area contributed by atoms with Crippen molar-refractivity contribution in [2.75, 3.05) is 13.6 Å². The molecule has 5 nitrogen and oxygen atoms in total. The van der Waals surface area contributed by atoms with Gasteiger partial charge < -0.3 is 10.6 Å². The van der Waals surface area contributed by atoms with Crippen LogP contribution in [0.3, 0.4) is 0 Å². The van der Waals surface area contributed by atoms with Gasteiger partial charge in [0.2, 0.25) is 5.91 Å². The smallest absolute Gasteiger partial charge is 0.230 e. The summed E-state index contributed by atoms with van der Waals surface area (Å²) in [7, 11) is 1.84. The summed E-state index contributed by atoms with van der Waals surface area (Å²) in [6.07, 6.45) is 7.64. The van der Waals surface area contributed by atoms with Gasteiger partial charge in [-0.15, -0.1) is 0 Å². The first-order chi connectivity index (χ1) is 8.18. The second-order valence-corrected chi connectivity index (χ2v) is 4.96. The number of carbonyl (C=O) groups excluding carboxylic acids is 1. The van der Waals surface area contributed by atoms with Crippen molar-refractivity contribution in [1.82, 2.24) is 15.1 Å². The van der Waals surface area contributed by atoms with Crippen molar-refractivity contribution in [3.8, 4) is 0 Å². The lowest BCUT2D eigenvalue weighted by Crippen LogP contribution is -2.44. The molecule has 5 heteroatoms. The van der Waals surface area contributed by atoms with E-state index in [1.54, 1.807) is 11.1 Å². The minimum absolute atomic E-state index is 0.179. The fraction of sp³-hybridized carbons (Fsp3) is 0.667. The minimum Gasteiger partial charge on any atom is -0.341 e. The van der Waals surface area contributed by atoms with E-state index in [0.717, 1.165) is 31.2 Å². The number of H-pyrrole nitrogens is 1. The third-order valence-electron chi connectivity index (χ3n) is 3.73. The largest absolute Gasteiger partial charge is 0.341 e. The van der Waals surface area contributed by atoms with Crippen molar-refractivity contribution in [1.29, 1.82) is 0 Å². The molecule has 1 aromatic heterocycles. The van der Waals surface area contributed by atoms with E-state index in [9.17, 15) is 4.79 Å². The highest BCUT2D eigenvalue weighted by molar-refractivity contribution is 5.83. The first kappa shape index (κ1) is 12.1. The fourth-order valence-electron chi connectivity index (χ4n) is 2.67. The molecule has 0 atom stereocenters. The van der Waals surface area contributed by atoms with Crippen LogP contribution in [0.1, 0.15) is 31.2 Å². The second-order valence-electron chi connectivity index (χ2n) is 4.96. The van der Waals surface area contributed by atoms with Crippen LogP contribution >= 0.6 is 0 Å². The number of hydrogen-bond acceptors (Lipinski definition) is 3. The molecule has 0 spiro atoms. The highest BCUT2D eigenvalue weighted by Crippen LogP contribution is 2.38. The lowest BCUT2D eigenvalue weighted by Gasteiger charge is -2.31. The maximum absolute atomic E-state index is 12.4. The number of carbonyl (C=O) groups is 1. The quantitative estimate of drug-likeness (QED) is 0.815. The Balaban J connectivity index is 2.03. The van der Waals surface area contributed by atoms with Gasteiger partial charge in [0, 0.05) is 31.9 Å². The summed E-state index contributed by atoms with van der Waals surface area (Å²) in [6, 6.07) is 0. The van der Waals surface area contributed by atoms with Crippen molar-refractivity contribution in [3.63, 3.8) is 0 Å². The van der Waals surface area contributed by atoms with E-state index >= 15 is 0 Å². The maximum atomic E-state index is 12.4. The lowest BCUT2D eigenvalue weighted by atomic mass is 9.84. The highest BCUT2D eigenvalue weighted by atomic mass is 16.2. The van der Waals surface area contributed by atoms with Gasteiger partial charge in [0.05, 0.1) is 11.6 Å². The van der Waals surface area contributed by atoms with Crippen molar-refractivity contribution in [3.05, 3.63) is 18.0 Å². The van der Waals surface area contributed by atoms with E-state index in [-0.39, 0.29) is 11.3 Å². The Labute approximate surface area is 101 Å². The predicted octanol–water partition coefficient (Wildman–Crippen LogP) is 0.887. The van der Waals surface area contributed by atoms with Gasteiger partial charge >= 0.3 is 0 Å². The molecule has 1 aliphatic rings. The second kappa shape index (κ2) is 4.87. The van der Waals surface area contributed by atoms with E-state index in [2.05, 4.69) is 10.2 Å². The third kappa shape index (κ3) is 2.34. The van der Waals surface area contributed by atoms with Gasteiger partial charge in [0.15, 0.2) is 0 Å². The van der Waals surface area contributed by atoms with E-state index in [1.807, 2.05) is 13.2 Å². The summed E-state index contributed by atoms with van der Waals surface area (Å²) in [5.41, 5.74) is 6.53. The Kier molecular flexibility index (Phi) is 3.47. The molecule has 3 N–H and O–H groups in total. The standard InChI is InChI=1S/C12H20N4O/c1-16(8-10-6-14-15-7-10)11(17)12(9-13)4-2-3-5-12/h6-7H,2-5,8-9,13H2,1H3,(H,14,15). The van der Waals surface area contributed by atoms with Crippen molar-refractivity contribution < 1.29 is 4.79 Å². The Morgan fingerprint density at radius 1 is 1.59 bits per heavy atom. The number of nitrogens with zero attached hydrogens (tertiary/aromatic N) is 2. The summed E-state index contributed by atoms with van der Waals surface area (Å²) < 4.78 is 0. The van der Waals surface area contributed by atoms with Gasteiger partial charge in [-0.1, -0.05) is 12.8 Å². The van der Waals surface area contributed by atoms with Crippen LogP contribution in [0.15, 0.2) is 12.4 Å². The van der Waals surface area contributed by atoms with Gasteiger partial charge in [0.1, 0.15) is 0 Å². The summed E-state index contributed by atoms with van der Waals surface area (Å²) in [4.78, 5) is 14.2. The number of aromatic amines is 1. The zero-order valence-electron chi connectivity index (χ0n) is 10.3. The molecule has 1 aliphatic carbocycles. The molecule has 0 unspecified atom stereocenters. The van der Waals surface area contributed by atoms with E-state index in [0.29, 0.717) is 13.1 Å². The maximum Gasteiger partial charge on any atom is 0.230 e. The monoisotopic (exact) mass is 236 g/mol. The van der Waals surface area contributed by atoms with Crippen molar-refractivity contribution in [2.24, 2.45) is 11.1 Å². The summed E-state index contributed by atoms with van der Waals surface area (Å²) in [6.45, 7) is 1.05. The van der Waals surface area contributed by atoms with E-state index in [1.165, 1.54) is 0 Å². The van der Waals surface area contributed by atoms with Gasteiger partial charge in [-0.2, -0.15) is 5.10 Å². The van der Waals surface area contributed by atoms with Gasteiger partial charge in [0.25, 0.3) is 0 Å². The van der Waals surface area contributed by atoms with E-state index in [4.69, 9.17) is 5.73 Å². The molecule has 1 aromatic rings. The van der Waals surface area contributed by atoms with Gasteiger partial charge in [-0.05, 0) is 12.8 Å². The highest BCUT2D eigenvalue weighted by Gasteiger charge is 2.41. The molecular formula is C12H20N4O. The fourth-order valence-corrected chi connectivity index (χ4v) is 2.67. The zero-order valence-corrected chi connectivity index (χ0v) is 10.3.